The van der Waals surface area contributed by atoms with Crippen molar-refractivity contribution in [2.45, 2.75) is 0 Å². The van der Waals surface area contributed by atoms with E-state index in [0.29, 0.717) is 0 Å². The van der Waals surface area contributed by atoms with Crippen LogP contribution in [0.25, 0.3) is 32.7 Å². The van der Waals surface area contributed by atoms with Gasteiger partial charge in [0.1, 0.15) is 0 Å². The highest BCUT2D eigenvalue weighted by Gasteiger charge is 2.15. The molecule has 0 heterocycles. The first-order valence-corrected chi connectivity index (χ1v) is 8.23. The van der Waals surface area contributed by atoms with Crippen LogP contribution in [0, 0.1) is 0 Å². The van der Waals surface area contributed by atoms with Crippen molar-refractivity contribution in [1.29, 1.82) is 0 Å². The van der Waals surface area contributed by atoms with E-state index < -0.39 is 0 Å². The zero-order chi connectivity index (χ0) is 16.5. The molecular weight excluding hydrogens is 292 g/mol. The lowest BCUT2D eigenvalue weighted by molar-refractivity contribution is 1.50. The molecule has 0 spiro atoms. The van der Waals surface area contributed by atoms with Gasteiger partial charge in [-0.05, 0) is 33.7 Å². The lowest BCUT2D eigenvalue weighted by Gasteiger charge is -2.18. The van der Waals surface area contributed by atoms with E-state index in [1.54, 1.807) is 0 Å². The van der Waals surface area contributed by atoms with Crippen LogP contribution >= 0.6 is 0 Å². The zero-order valence-electron chi connectivity index (χ0n) is 13.9. The Morgan fingerprint density at radius 3 is 1.33 bits per heavy atom. The van der Waals surface area contributed by atoms with E-state index >= 15 is 0 Å². The molecule has 0 bridgehead atoms. The van der Waals surface area contributed by atoms with Crippen molar-refractivity contribution in [3.8, 4) is 11.1 Å². The van der Waals surface area contributed by atoms with E-state index in [4.69, 9.17) is 0 Å². The summed E-state index contributed by atoms with van der Waals surface area (Å²) in [7, 11) is 3.97. The number of nitrogens with one attached hydrogen (secondary N) is 2. The predicted molar refractivity (Wildman–Crippen MR) is 106 cm³/mol. The Hall–Kier alpha value is -3.00. The summed E-state index contributed by atoms with van der Waals surface area (Å²) in [6.07, 6.45) is 0. The largest absolute Gasteiger partial charge is 0.388 e. The molecule has 4 rings (SSSR count). The third-order valence-corrected chi connectivity index (χ3v) is 4.65. The average molecular weight is 312 g/mol. The van der Waals surface area contributed by atoms with Crippen molar-refractivity contribution in [3.63, 3.8) is 0 Å². The second kappa shape index (κ2) is 5.89. The SMILES string of the molecule is CNc1ccc2ccccc2c1-c1c(NC)ccc2ccccc12. The summed E-state index contributed by atoms with van der Waals surface area (Å²) in [4.78, 5) is 0. The standard InChI is InChI=1S/C22H20N2/c1-23-19-13-11-15-7-3-5-9-17(15)21(19)22-18-10-6-4-8-16(18)12-14-20(22)24-2/h3-14,23-24H,1-2H3. The molecule has 2 heteroatoms. The third kappa shape index (κ3) is 2.19. The van der Waals surface area contributed by atoms with Gasteiger partial charge in [0.05, 0.1) is 0 Å². The smallest absolute Gasteiger partial charge is 0.0424 e. The maximum atomic E-state index is 3.37. The minimum absolute atomic E-state index is 1.14. The number of rotatable bonds is 3. The van der Waals surface area contributed by atoms with Crippen LogP contribution < -0.4 is 10.6 Å². The number of benzene rings is 4. The predicted octanol–water partition coefficient (Wildman–Crippen LogP) is 5.74. The van der Waals surface area contributed by atoms with Gasteiger partial charge in [-0.25, -0.2) is 0 Å². The van der Waals surface area contributed by atoms with E-state index in [-0.39, 0.29) is 0 Å². The van der Waals surface area contributed by atoms with Crippen LogP contribution in [0.1, 0.15) is 0 Å². The lowest BCUT2D eigenvalue weighted by Crippen LogP contribution is -1.98. The molecule has 24 heavy (non-hydrogen) atoms. The molecule has 0 unspecified atom stereocenters. The molecule has 0 saturated heterocycles. The van der Waals surface area contributed by atoms with Gasteiger partial charge < -0.3 is 10.6 Å². The second-order valence-corrected chi connectivity index (χ2v) is 5.92. The van der Waals surface area contributed by atoms with Gasteiger partial charge in [-0.15, -0.1) is 0 Å². The molecule has 4 aromatic rings. The first kappa shape index (κ1) is 14.6. The summed E-state index contributed by atoms with van der Waals surface area (Å²) in [5.74, 6) is 0. The molecule has 2 nitrogen and oxygen atoms in total. The van der Waals surface area contributed by atoms with Crippen LogP contribution in [0.2, 0.25) is 0 Å². The number of hydrogen-bond donors (Lipinski definition) is 2. The van der Waals surface area contributed by atoms with Gasteiger partial charge in [0.25, 0.3) is 0 Å². The number of hydrogen-bond acceptors (Lipinski definition) is 2. The van der Waals surface area contributed by atoms with Gasteiger partial charge in [0.2, 0.25) is 0 Å². The Labute approximate surface area is 142 Å². The van der Waals surface area contributed by atoms with Crippen LogP contribution in [-0.4, -0.2) is 14.1 Å². The van der Waals surface area contributed by atoms with Gasteiger partial charge >= 0.3 is 0 Å². The molecule has 0 fully saturated rings. The van der Waals surface area contributed by atoms with Crippen molar-refractivity contribution in [1.82, 2.24) is 0 Å². The minimum atomic E-state index is 1.14. The molecule has 0 amide bonds. The Bertz CT molecular complexity index is 949. The summed E-state index contributed by atoms with van der Waals surface area (Å²) < 4.78 is 0. The van der Waals surface area contributed by atoms with E-state index in [0.717, 1.165) is 11.4 Å². The first-order valence-electron chi connectivity index (χ1n) is 8.23. The molecule has 0 atom stereocenters. The highest BCUT2D eigenvalue weighted by atomic mass is 14.8. The summed E-state index contributed by atoms with van der Waals surface area (Å²) in [5.41, 5.74) is 4.77. The fourth-order valence-electron chi connectivity index (χ4n) is 3.50. The van der Waals surface area contributed by atoms with Gasteiger partial charge in [-0.1, -0.05) is 60.7 Å². The number of fused-ring (bicyclic) bond motifs is 2. The van der Waals surface area contributed by atoms with Gasteiger partial charge in [0.15, 0.2) is 0 Å². The van der Waals surface area contributed by atoms with Gasteiger partial charge in [-0.2, -0.15) is 0 Å². The summed E-state index contributed by atoms with van der Waals surface area (Å²) >= 11 is 0. The van der Waals surface area contributed by atoms with E-state index in [1.165, 1.54) is 32.7 Å². The molecule has 0 aromatic heterocycles. The molecule has 118 valence electrons. The van der Waals surface area contributed by atoms with Crippen LogP contribution in [0.4, 0.5) is 11.4 Å². The maximum Gasteiger partial charge on any atom is 0.0424 e. The Balaban J connectivity index is 2.21. The fraction of sp³-hybridized carbons (Fsp3) is 0.0909. The zero-order valence-corrected chi connectivity index (χ0v) is 13.9. The first-order chi connectivity index (χ1) is 11.8. The van der Waals surface area contributed by atoms with Gasteiger partial charge in [0, 0.05) is 36.6 Å². The quantitative estimate of drug-likeness (QED) is 0.504. The molecule has 0 aliphatic heterocycles. The van der Waals surface area contributed by atoms with Crippen molar-refractivity contribution in [2.75, 3.05) is 24.7 Å². The fourth-order valence-corrected chi connectivity index (χ4v) is 3.50. The third-order valence-electron chi connectivity index (χ3n) is 4.65. The van der Waals surface area contributed by atoms with Crippen LogP contribution in [0.3, 0.4) is 0 Å². The van der Waals surface area contributed by atoms with Crippen molar-refractivity contribution >= 4 is 32.9 Å². The minimum Gasteiger partial charge on any atom is -0.388 e. The van der Waals surface area contributed by atoms with E-state index in [1.807, 2.05) is 14.1 Å². The molecule has 0 aliphatic carbocycles. The topological polar surface area (TPSA) is 24.1 Å². The highest BCUT2D eigenvalue weighted by Crippen LogP contribution is 2.43. The Morgan fingerprint density at radius 2 is 0.917 bits per heavy atom. The monoisotopic (exact) mass is 312 g/mol. The highest BCUT2D eigenvalue weighted by molar-refractivity contribution is 6.13. The van der Waals surface area contributed by atoms with E-state index in [2.05, 4.69) is 83.4 Å². The van der Waals surface area contributed by atoms with Gasteiger partial charge in [-0.3, -0.25) is 0 Å². The molecular formula is C22H20N2. The molecule has 0 saturated carbocycles. The average Bonchev–Trinajstić information content (AvgIpc) is 2.66. The molecule has 4 aromatic carbocycles. The maximum absolute atomic E-state index is 3.37. The van der Waals surface area contributed by atoms with Crippen LogP contribution in [-0.2, 0) is 0 Å². The lowest BCUT2D eigenvalue weighted by atomic mass is 9.91. The Morgan fingerprint density at radius 1 is 0.500 bits per heavy atom. The Kier molecular flexibility index (Phi) is 3.58. The normalized spacial score (nSPS) is 10.9. The number of anilines is 2. The van der Waals surface area contributed by atoms with E-state index in [9.17, 15) is 0 Å². The van der Waals surface area contributed by atoms with Crippen LogP contribution in [0.15, 0.2) is 72.8 Å². The summed E-state index contributed by atoms with van der Waals surface area (Å²) in [6, 6.07) is 25.8. The van der Waals surface area contributed by atoms with Crippen molar-refractivity contribution < 1.29 is 0 Å². The second-order valence-electron chi connectivity index (χ2n) is 5.92. The summed E-state index contributed by atoms with van der Waals surface area (Å²) in [6.45, 7) is 0. The molecule has 0 aliphatic rings. The summed E-state index contributed by atoms with van der Waals surface area (Å²) in [5, 5.41) is 11.8. The van der Waals surface area contributed by atoms with Crippen LogP contribution in [0.5, 0.6) is 0 Å². The van der Waals surface area contributed by atoms with Crippen molar-refractivity contribution in [2.24, 2.45) is 0 Å². The molecule has 2 N–H and O–H groups in total. The molecule has 0 radical (unpaired) electrons. The van der Waals surface area contributed by atoms with Crippen molar-refractivity contribution in [3.05, 3.63) is 72.8 Å².